The maximum atomic E-state index is 12.6. The highest BCUT2D eigenvalue weighted by atomic mass is 16.6. The fraction of sp³-hybridized carbons (Fsp3) is 0.333. The van der Waals surface area contributed by atoms with Crippen LogP contribution in [0.2, 0.25) is 0 Å². The molecule has 0 saturated carbocycles. The third kappa shape index (κ3) is 2.65. The van der Waals surface area contributed by atoms with Crippen molar-refractivity contribution in [3.63, 3.8) is 0 Å². The number of ether oxygens (including phenoxy) is 6. The quantitative estimate of drug-likeness (QED) is 0.519. The number of methoxy groups -OCH3 is 4. The Kier molecular flexibility index (Phi) is 4.72. The highest BCUT2D eigenvalue weighted by Gasteiger charge is 2.62. The Morgan fingerprint density at radius 2 is 1.75 bits per heavy atom. The van der Waals surface area contributed by atoms with Crippen molar-refractivity contribution in [2.75, 3.05) is 28.4 Å². The van der Waals surface area contributed by atoms with Gasteiger partial charge in [0.2, 0.25) is 11.9 Å². The minimum Gasteiger partial charge on any atom is -0.493 e. The van der Waals surface area contributed by atoms with Gasteiger partial charge in [-0.2, -0.15) is 0 Å². The lowest BCUT2D eigenvalue weighted by Gasteiger charge is -2.41. The maximum Gasteiger partial charge on any atom is 0.359 e. The molecule has 0 amide bonds. The lowest BCUT2D eigenvalue weighted by atomic mass is 9.83. The summed E-state index contributed by atoms with van der Waals surface area (Å²) in [5.41, 5.74) is -2.08. The van der Waals surface area contributed by atoms with Crippen LogP contribution < -0.4 is 14.2 Å². The minimum atomic E-state index is -2.13. The smallest absolute Gasteiger partial charge is 0.359 e. The van der Waals surface area contributed by atoms with Gasteiger partial charge in [0.1, 0.15) is 0 Å². The molecule has 0 N–H and O–H groups in total. The number of hydrogen-bond donors (Lipinski definition) is 0. The Bertz CT molecular complexity index is 915. The Morgan fingerprint density at radius 1 is 1.04 bits per heavy atom. The van der Waals surface area contributed by atoms with Gasteiger partial charge in [0.25, 0.3) is 17.2 Å². The Labute approximate surface area is 158 Å². The third-order valence-electron chi connectivity index (χ3n) is 4.32. The van der Waals surface area contributed by atoms with Gasteiger partial charge in [-0.15, -0.1) is 0 Å². The molecule has 2 aliphatic rings. The zero-order valence-corrected chi connectivity index (χ0v) is 15.4. The molecule has 0 saturated heterocycles. The average Bonchev–Trinajstić information content (AvgIpc) is 2.72. The summed E-state index contributed by atoms with van der Waals surface area (Å²) in [7, 11) is 4.74. The van der Waals surface area contributed by atoms with Crippen LogP contribution in [0.1, 0.15) is 10.4 Å². The topological polar surface area (TPSA) is 124 Å². The molecule has 2 atom stereocenters. The van der Waals surface area contributed by atoms with E-state index >= 15 is 0 Å². The van der Waals surface area contributed by atoms with Crippen molar-refractivity contribution in [1.29, 1.82) is 0 Å². The SMILES string of the molecule is COC(=O)c1cc(OC)c2c(c1)O[C@]1(C(=O)OC)C=C(OC)C(=O)C(=O)[C@@H]1O2. The van der Waals surface area contributed by atoms with Gasteiger partial charge < -0.3 is 28.4 Å². The summed E-state index contributed by atoms with van der Waals surface area (Å²) in [5.74, 6) is -4.24. The van der Waals surface area contributed by atoms with Crippen molar-refractivity contribution in [3.8, 4) is 17.2 Å². The molecule has 0 aromatic heterocycles. The van der Waals surface area contributed by atoms with Crippen LogP contribution in [-0.4, -0.2) is 63.6 Å². The van der Waals surface area contributed by atoms with Crippen molar-refractivity contribution in [3.05, 3.63) is 29.5 Å². The molecule has 10 heteroatoms. The summed E-state index contributed by atoms with van der Waals surface area (Å²) in [5, 5.41) is 0. The van der Waals surface area contributed by atoms with Crippen LogP contribution in [0.4, 0.5) is 0 Å². The first kappa shape index (κ1) is 19.2. The van der Waals surface area contributed by atoms with Crippen LogP contribution in [0.15, 0.2) is 24.0 Å². The molecule has 0 bridgehead atoms. The van der Waals surface area contributed by atoms with Crippen molar-refractivity contribution in [2.45, 2.75) is 11.7 Å². The van der Waals surface area contributed by atoms with Gasteiger partial charge in [0, 0.05) is 6.08 Å². The molecule has 1 aromatic carbocycles. The van der Waals surface area contributed by atoms with Crippen LogP contribution in [-0.2, 0) is 28.6 Å². The summed E-state index contributed by atoms with van der Waals surface area (Å²) in [6.07, 6.45) is -0.648. The zero-order chi connectivity index (χ0) is 20.6. The fourth-order valence-electron chi connectivity index (χ4n) is 2.97. The molecule has 1 heterocycles. The van der Waals surface area contributed by atoms with E-state index < -0.39 is 41.0 Å². The van der Waals surface area contributed by atoms with E-state index in [9.17, 15) is 19.2 Å². The van der Waals surface area contributed by atoms with Crippen LogP contribution >= 0.6 is 0 Å². The molecule has 0 unspecified atom stereocenters. The zero-order valence-electron chi connectivity index (χ0n) is 15.4. The van der Waals surface area contributed by atoms with Crippen molar-refractivity contribution in [1.82, 2.24) is 0 Å². The van der Waals surface area contributed by atoms with Crippen LogP contribution in [0.5, 0.6) is 17.2 Å². The minimum absolute atomic E-state index is 0.0399. The number of ketones is 2. The Balaban J connectivity index is 2.24. The number of Topliss-reactive ketones (excluding diaryl/α,β-unsaturated/α-hetero) is 2. The van der Waals surface area contributed by atoms with E-state index in [0.29, 0.717) is 0 Å². The van der Waals surface area contributed by atoms with Gasteiger partial charge in [0.15, 0.2) is 17.3 Å². The van der Waals surface area contributed by atoms with Gasteiger partial charge in [0.05, 0.1) is 34.0 Å². The third-order valence-corrected chi connectivity index (χ3v) is 4.32. The number of benzene rings is 1. The number of allylic oxidation sites excluding steroid dienone is 1. The molecule has 3 rings (SSSR count). The molecular weight excluding hydrogens is 376 g/mol. The predicted octanol–water partition coefficient (Wildman–Crippen LogP) is 0.215. The first-order valence-electron chi connectivity index (χ1n) is 7.92. The molecule has 0 fully saturated rings. The molecule has 1 aromatic rings. The number of rotatable bonds is 4. The molecule has 10 nitrogen and oxygen atoms in total. The second kappa shape index (κ2) is 6.87. The molecule has 1 aliphatic carbocycles. The molecule has 28 heavy (non-hydrogen) atoms. The molecule has 148 valence electrons. The first-order valence-corrected chi connectivity index (χ1v) is 7.92. The van der Waals surface area contributed by atoms with Gasteiger partial charge in [-0.25, -0.2) is 9.59 Å². The highest BCUT2D eigenvalue weighted by Crippen LogP contribution is 2.48. The maximum absolute atomic E-state index is 12.6. The van der Waals surface area contributed by atoms with Crippen molar-refractivity contribution < 1.29 is 47.6 Å². The van der Waals surface area contributed by atoms with Crippen LogP contribution in [0.25, 0.3) is 0 Å². The van der Waals surface area contributed by atoms with Crippen LogP contribution in [0, 0.1) is 0 Å². The fourth-order valence-corrected chi connectivity index (χ4v) is 2.97. The normalized spacial score (nSPS) is 22.6. The van der Waals surface area contributed by atoms with Gasteiger partial charge in [-0.05, 0) is 12.1 Å². The molecule has 0 radical (unpaired) electrons. The van der Waals surface area contributed by atoms with Crippen molar-refractivity contribution >= 4 is 23.5 Å². The summed E-state index contributed by atoms with van der Waals surface area (Å²) >= 11 is 0. The largest absolute Gasteiger partial charge is 0.493 e. The summed E-state index contributed by atoms with van der Waals surface area (Å²) in [4.78, 5) is 49.3. The standard InChI is InChI=1S/C18H16O10/c1-23-9-5-8(16(21)25-3)6-10-14(9)27-15-13(20)12(19)11(24-2)7-18(15,28-10)17(22)26-4/h5-7,15H,1-4H3/t15-,18+/m0/s1. The lowest BCUT2D eigenvalue weighted by molar-refractivity contribution is -0.172. The Morgan fingerprint density at radius 3 is 2.32 bits per heavy atom. The number of hydrogen-bond acceptors (Lipinski definition) is 10. The van der Waals surface area contributed by atoms with E-state index in [-0.39, 0.29) is 22.8 Å². The number of carbonyl (C=O) groups is 4. The summed E-state index contributed by atoms with van der Waals surface area (Å²) < 4.78 is 31.0. The average molecular weight is 392 g/mol. The second-order valence-electron chi connectivity index (χ2n) is 5.79. The van der Waals surface area contributed by atoms with Crippen LogP contribution in [0.3, 0.4) is 0 Å². The molecular formula is C18H16O10. The van der Waals surface area contributed by atoms with E-state index in [1.165, 1.54) is 33.5 Å². The highest BCUT2D eigenvalue weighted by molar-refractivity contribution is 6.46. The van der Waals surface area contributed by atoms with E-state index in [4.69, 9.17) is 23.7 Å². The summed E-state index contributed by atoms with van der Waals surface area (Å²) in [6, 6.07) is 2.57. The van der Waals surface area contributed by atoms with Gasteiger partial charge in [-0.3, -0.25) is 9.59 Å². The van der Waals surface area contributed by atoms with E-state index in [0.717, 1.165) is 13.2 Å². The molecule has 1 aliphatic heterocycles. The first-order chi connectivity index (χ1) is 13.3. The number of fused-ring (bicyclic) bond motifs is 2. The van der Waals surface area contributed by atoms with E-state index in [1.807, 2.05) is 0 Å². The van der Waals surface area contributed by atoms with E-state index in [2.05, 4.69) is 4.74 Å². The lowest BCUT2D eigenvalue weighted by Crippen LogP contribution is -2.64. The Hall–Kier alpha value is -3.56. The number of carbonyl (C=O) groups excluding carboxylic acids is 4. The monoisotopic (exact) mass is 392 g/mol. The van der Waals surface area contributed by atoms with E-state index in [1.54, 1.807) is 0 Å². The molecule has 0 spiro atoms. The van der Waals surface area contributed by atoms with Crippen molar-refractivity contribution in [2.24, 2.45) is 0 Å². The second-order valence-corrected chi connectivity index (χ2v) is 5.79. The predicted molar refractivity (Wildman–Crippen MR) is 89.2 cm³/mol. The van der Waals surface area contributed by atoms with Gasteiger partial charge in [-0.1, -0.05) is 0 Å². The van der Waals surface area contributed by atoms with Gasteiger partial charge >= 0.3 is 11.9 Å². The number of esters is 2. The summed E-state index contributed by atoms with van der Waals surface area (Å²) in [6.45, 7) is 0.